The normalized spacial score (nSPS) is 18.0. The van der Waals surface area contributed by atoms with E-state index < -0.39 is 11.9 Å². The molecule has 1 N–H and O–H groups in total. The van der Waals surface area contributed by atoms with E-state index in [1.807, 2.05) is 0 Å². The number of alkyl halides is 3. The van der Waals surface area contributed by atoms with E-state index in [0.717, 1.165) is 38.2 Å². The molecular weight excluding hydrogens is 349 g/mol. The van der Waals surface area contributed by atoms with Crippen molar-refractivity contribution in [2.45, 2.75) is 31.5 Å². The van der Waals surface area contributed by atoms with Crippen molar-refractivity contribution in [3.8, 4) is 0 Å². The summed E-state index contributed by atoms with van der Waals surface area (Å²) in [5.41, 5.74) is -1.17. The number of nitrogens with zero attached hydrogens (tertiary/aromatic N) is 5. The maximum absolute atomic E-state index is 12.8. The summed E-state index contributed by atoms with van der Waals surface area (Å²) in [5, 5.41) is 7.24. The molecule has 0 aliphatic carbocycles. The summed E-state index contributed by atoms with van der Waals surface area (Å²) >= 11 is 0. The maximum Gasteiger partial charge on any atom is 0.433 e. The van der Waals surface area contributed by atoms with E-state index in [-0.39, 0.29) is 17.4 Å². The van der Waals surface area contributed by atoms with E-state index in [1.54, 1.807) is 13.1 Å². The fraction of sp³-hybridized carbons (Fsp3) is 0.500. The SMILES string of the molecule is Cn1nc(N2CCCCC2CNc2cc(C(F)(F)F)ncn2)ccc1=O. The summed E-state index contributed by atoms with van der Waals surface area (Å²) < 4.78 is 39.5. The van der Waals surface area contributed by atoms with Gasteiger partial charge in [0.1, 0.15) is 23.7 Å². The van der Waals surface area contributed by atoms with Gasteiger partial charge in [0, 0.05) is 38.3 Å². The van der Waals surface area contributed by atoms with Gasteiger partial charge in [-0.15, -0.1) is 0 Å². The number of rotatable bonds is 4. The van der Waals surface area contributed by atoms with Crippen LogP contribution in [0.3, 0.4) is 0 Å². The van der Waals surface area contributed by atoms with Crippen molar-refractivity contribution in [3.63, 3.8) is 0 Å². The Morgan fingerprint density at radius 3 is 2.81 bits per heavy atom. The highest BCUT2D eigenvalue weighted by atomic mass is 19.4. The highest BCUT2D eigenvalue weighted by molar-refractivity contribution is 5.41. The molecule has 3 heterocycles. The topological polar surface area (TPSA) is 75.9 Å². The lowest BCUT2D eigenvalue weighted by Gasteiger charge is -2.36. The van der Waals surface area contributed by atoms with Crippen molar-refractivity contribution in [1.29, 1.82) is 0 Å². The molecule has 2 aromatic rings. The molecule has 0 bridgehead atoms. The molecule has 0 spiro atoms. The fourth-order valence-electron chi connectivity index (χ4n) is 2.99. The molecular formula is C16H19F3N6O. The van der Waals surface area contributed by atoms with Crippen molar-refractivity contribution in [1.82, 2.24) is 19.7 Å². The lowest BCUT2D eigenvalue weighted by Crippen LogP contribution is -2.45. The van der Waals surface area contributed by atoms with Crippen LogP contribution < -0.4 is 15.8 Å². The zero-order chi connectivity index (χ0) is 18.7. The first-order valence-electron chi connectivity index (χ1n) is 8.29. The van der Waals surface area contributed by atoms with Gasteiger partial charge in [0.25, 0.3) is 5.56 Å². The van der Waals surface area contributed by atoms with Crippen LogP contribution in [-0.2, 0) is 13.2 Å². The van der Waals surface area contributed by atoms with Crippen LogP contribution in [0.1, 0.15) is 25.0 Å². The molecule has 7 nitrogen and oxygen atoms in total. The molecule has 1 saturated heterocycles. The molecule has 26 heavy (non-hydrogen) atoms. The van der Waals surface area contributed by atoms with Crippen LogP contribution in [0.5, 0.6) is 0 Å². The first-order chi connectivity index (χ1) is 12.3. The van der Waals surface area contributed by atoms with E-state index in [2.05, 4.69) is 25.3 Å². The van der Waals surface area contributed by atoms with Crippen LogP contribution in [0.25, 0.3) is 0 Å². The van der Waals surface area contributed by atoms with Gasteiger partial charge in [0.2, 0.25) is 0 Å². The molecule has 1 unspecified atom stereocenters. The second-order valence-electron chi connectivity index (χ2n) is 6.16. The Bertz CT molecular complexity index is 822. The van der Waals surface area contributed by atoms with E-state index in [0.29, 0.717) is 12.4 Å². The van der Waals surface area contributed by atoms with Crippen LogP contribution in [0.2, 0.25) is 0 Å². The van der Waals surface area contributed by atoms with Crippen LogP contribution in [0.15, 0.2) is 29.3 Å². The molecule has 0 radical (unpaired) electrons. The number of hydrogen-bond donors (Lipinski definition) is 1. The number of nitrogens with one attached hydrogen (secondary N) is 1. The van der Waals surface area contributed by atoms with Gasteiger partial charge in [-0.05, 0) is 25.3 Å². The zero-order valence-electron chi connectivity index (χ0n) is 14.2. The second kappa shape index (κ2) is 7.30. The average Bonchev–Trinajstić information content (AvgIpc) is 2.62. The summed E-state index contributed by atoms with van der Waals surface area (Å²) in [6.07, 6.45) is -0.721. The molecule has 3 rings (SSSR count). The minimum atomic E-state index is -4.50. The predicted octanol–water partition coefficient (Wildman–Crippen LogP) is 2.06. The van der Waals surface area contributed by atoms with Gasteiger partial charge in [-0.3, -0.25) is 4.79 Å². The van der Waals surface area contributed by atoms with Gasteiger partial charge >= 0.3 is 6.18 Å². The van der Waals surface area contributed by atoms with Gasteiger partial charge in [0.05, 0.1) is 0 Å². The molecule has 2 aromatic heterocycles. The molecule has 1 aliphatic rings. The zero-order valence-corrected chi connectivity index (χ0v) is 14.2. The number of halogens is 3. The van der Waals surface area contributed by atoms with Crippen molar-refractivity contribution in [3.05, 3.63) is 40.6 Å². The molecule has 1 atom stereocenters. The molecule has 1 fully saturated rings. The molecule has 0 amide bonds. The predicted molar refractivity (Wildman–Crippen MR) is 90.0 cm³/mol. The van der Waals surface area contributed by atoms with E-state index in [1.165, 1.54) is 10.7 Å². The third-order valence-corrected chi connectivity index (χ3v) is 4.34. The van der Waals surface area contributed by atoms with Gasteiger partial charge < -0.3 is 10.2 Å². The Morgan fingerprint density at radius 2 is 2.08 bits per heavy atom. The van der Waals surface area contributed by atoms with Crippen LogP contribution in [-0.4, -0.2) is 38.9 Å². The van der Waals surface area contributed by atoms with Crippen molar-refractivity contribution < 1.29 is 13.2 Å². The largest absolute Gasteiger partial charge is 0.433 e. The number of hydrogen-bond acceptors (Lipinski definition) is 6. The number of aryl methyl sites for hydroxylation is 1. The van der Waals surface area contributed by atoms with Crippen LogP contribution in [0.4, 0.5) is 24.8 Å². The summed E-state index contributed by atoms with van der Waals surface area (Å²) in [4.78, 5) is 20.7. The van der Waals surface area contributed by atoms with Crippen LogP contribution >= 0.6 is 0 Å². The van der Waals surface area contributed by atoms with E-state index in [4.69, 9.17) is 0 Å². The summed E-state index contributed by atoms with van der Waals surface area (Å²) in [6, 6.07) is 4.07. The number of aromatic nitrogens is 4. The minimum absolute atomic E-state index is 0.0399. The summed E-state index contributed by atoms with van der Waals surface area (Å²) in [6.45, 7) is 1.19. The highest BCUT2D eigenvalue weighted by Gasteiger charge is 2.33. The van der Waals surface area contributed by atoms with Gasteiger partial charge in [0.15, 0.2) is 0 Å². The van der Waals surface area contributed by atoms with Crippen molar-refractivity contribution in [2.75, 3.05) is 23.3 Å². The van der Waals surface area contributed by atoms with Gasteiger partial charge in [-0.1, -0.05) is 0 Å². The molecule has 0 saturated carbocycles. The number of anilines is 2. The van der Waals surface area contributed by atoms with Gasteiger partial charge in [-0.25, -0.2) is 14.6 Å². The summed E-state index contributed by atoms with van der Waals surface area (Å²) in [5.74, 6) is 0.809. The molecule has 10 heteroatoms. The minimum Gasteiger partial charge on any atom is -0.368 e. The fourth-order valence-corrected chi connectivity index (χ4v) is 2.99. The molecule has 140 valence electrons. The standard InChI is InChI=1S/C16H19F3N6O/c1-24-15(26)6-5-14(23-24)25-7-3-2-4-11(25)9-20-13-8-12(16(17,18)19)21-10-22-13/h5-6,8,10-11H,2-4,7,9H2,1H3,(H,20,21,22). The third-order valence-electron chi connectivity index (χ3n) is 4.34. The van der Waals surface area contributed by atoms with E-state index >= 15 is 0 Å². The Hall–Kier alpha value is -2.65. The van der Waals surface area contributed by atoms with E-state index in [9.17, 15) is 18.0 Å². The molecule has 1 aliphatic heterocycles. The van der Waals surface area contributed by atoms with Gasteiger partial charge in [-0.2, -0.15) is 18.3 Å². The second-order valence-corrected chi connectivity index (χ2v) is 6.16. The number of piperidine rings is 1. The third kappa shape index (κ3) is 4.12. The Kier molecular flexibility index (Phi) is 5.10. The lowest BCUT2D eigenvalue weighted by atomic mass is 10.0. The average molecular weight is 368 g/mol. The maximum atomic E-state index is 12.8. The van der Waals surface area contributed by atoms with Crippen LogP contribution in [0, 0.1) is 0 Å². The first kappa shape index (κ1) is 18.2. The first-order valence-corrected chi connectivity index (χ1v) is 8.29. The monoisotopic (exact) mass is 368 g/mol. The van der Waals surface area contributed by atoms with Crippen molar-refractivity contribution >= 4 is 11.6 Å². The highest BCUT2D eigenvalue weighted by Crippen LogP contribution is 2.28. The molecule has 0 aromatic carbocycles. The smallest absolute Gasteiger partial charge is 0.368 e. The Morgan fingerprint density at radius 1 is 1.27 bits per heavy atom. The summed E-state index contributed by atoms with van der Waals surface area (Å²) in [7, 11) is 1.59. The lowest BCUT2D eigenvalue weighted by molar-refractivity contribution is -0.141. The quantitative estimate of drug-likeness (QED) is 0.890. The van der Waals surface area contributed by atoms with Crippen molar-refractivity contribution in [2.24, 2.45) is 7.05 Å². The Balaban J connectivity index is 1.73. The Labute approximate surface area is 147 Å².